The Morgan fingerprint density at radius 2 is 1.84 bits per heavy atom. The van der Waals surface area contributed by atoms with Crippen molar-refractivity contribution in [2.75, 3.05) is 6.61 Å². The summed E-state index contributed by atoms with van der Waals surface area (Å²) in [6.45, 7) is 4.15. The van der Waals surface area contributed by atoms with Crippen LogP contribution in [0.2, 0.25) is 0 Å². The molecule has 3 aromatic rings. The van der Waals surface area contributed by atoms with Crippen molar-refractivity contribution in [1.29, 1.82) is 0 Å². The molecule has 5 rings (SSSR count). The van der Waals surface area contributed by atoms with Gasteiger partial charge in [0.05, 0.1) is 5.39 Å². The van der Waals surface area contributed by atoms with Crippen LogP contribution < -0.4 is 10.1 Å². The molecule has 0 spiro atoms. The Balaban J connectivity index is 1.57. The van der Waals surface area contributed by atoms with Crippen LogP contribution in [0.4, 0.5) is 0 Å². The van der Waals surface area contributed by atoms with E-state index in [-0.39, 0.29) is 30.2 Å². The van der Waals surface area contributed by atoms with Crippen LogP contribution in [0.15, 0.2) is 52.9 Å². The van der Waals surface area contributed by atoms with E-state index in [9.17, 15) is 9.59 Å². The Labute approximate surface area is 187 Å². The Morgan fingerprint density at radius 3 is 2.62 bits per heavy atom. The molecule has 1 saturated carbocycles. The molecule has 1 aromatic heterocycles. The van der Waals surface area contributed by atoms with Crippen molar-refractivity contribution in [1.82, 2.24) is 10.2 Å². The molecule has 1 aliphatic heterocycles. The number of fused-ring (bicyclic) bond motifs is 3. The standard InChI is InChI=1S/C26H28N2O4/c1-17-9-3-4-10-18(17)15-28-24(29)23-22(20-13-7-8-14-21(20)32-23)31-16-26(28,2)25(30)27-19-11-5-6-12-19/h3-4,7-10,13-14,19H,5-6,11-12,15-16H2,1-2H3,(H,27,30). The summed E-state index contributed by atoms with van der Waals surface area (Å²) in [4.78, 5) is 29.1. The molecule has 0 saturated heterocycles. The zero-order valence-corrected chi connectivity index (χ0v) is 18.5. The fourth-order valence-corrected chi connectivity index (χ4v) is 4.75. The predicted octanol–water partition coefficient (Wildman–Crippen LogP) is 4.59. The summed E-state index contributed by atoms with van der Waals surface area (Å²) in [6.07, 6.45) is 4.17. The SMILES string of the molecule is Cc1ccccc1CN1C(=O)c2oc3ccccc3c2OCC1(C)C(=O)NC1CCCC1. The van der Waals surface area contributed by atoms with Crippen LogP contribution in [0.3, 0.4) is 0 Å². The molecule has 1 atom stereocenters. The van der Waals surface area contributed by atoms with Crippen LogP contribution in [0, 0.1) is 6.92 Å². The number of carbonyl (C=O) groups excluding carboxylic acids is 2. The molecule has 32 heavy (non-hydrogen) atoms. The van der Waals surface area contributed by atoms with Crippen molar-refractivity contribution in [2.45, 2.75) is 57.7 Å². The van der Waals surface area contributed by atoms with Crippen LogP contribution in [0.25, 0.3) is 11.0 Å². The first-order valence-electron chi connectivity index (χ1n) is 11.3. The van der Waals surface area contributed by atoms with Crippen molar-refractivity contribution < 1.29 is 18.7 Å². The Morgan fingerprint density at radius 1 is 1.12 bits per heavy atom. The molecule has 166 valence electrons. The van der Waals surface area contributed by atoms with Gasteiger partial charge in [0.25, 0.3) is 5.91 Å². The van der Waals surface area contributed by atoms with Gasteiger partial charge >= 0.3 is 0 Å². The van der Waals surface area contributed by atoms with Gasteiger partial charge in [-0.15, -0.1) is 0 Å². The number of benzene rings is 2. The topological polar surface area (TPSA) is 71.8 Å². The van der Waals surface area contributed by atoms with Crippen molar-refractivity contribution in [3.8, 4) is 5.75 Å². The number of amides is 2. The van der Waals surface area contributed by atoms with Crippen LogP contribution in [-0.4, -0.2) is 34.9 Å². The molecule has 2 heterocycles. The molecule has 2 aromatic carbocycles. The summed E-state index contributed by atoms with van der Waals surface area (Å²) < 4.78 is 12.1. The molecule has 6 nitrogen and oxygen atoms in total. The lowest BCUT2D eigenvalue weighted by Gasteiger charge is -2.38. The predicted molar refractivity (Wildman–Crippen MR) is 122 cm³/mol. The van der Waals surface area contributed by atoms with Gasteiger partial charge in [-0.2, -0.15) is 0 Å². The molecular formula is C26H28N2O4. The minimum Gasteiger partial charge on any atom is -0.486 e. The average molecular weight is 433 g/mol. The average Bonchev–Trinajstić information content (AvgIpc) is 3.42. The van der Waals surface area contributed by atoms with E-state index in [0.29, 0.717) is 17.9 Å². The van der Waals surface area contributed by atoms with Crippen molar-refractivity contribution in [2.24, 2.45) is 0 Å². The van der Waals surface area contributed by atoms with Gasteiger partial charge in [0.1, 0.15) is 12.2 Å². The molecule has 1 N–H and O–H groups in total. The highest BCUT2D eigenvalue weighted by atomic mass is 16.5. The third-order valence-corrected chi connectivity index (χ3v) is 6.85. The van der Waals surface area contributed by atoms with E-state index in [1.165, 1.54) is 0 Å². The lowest BCUT2D eigenvalue weighted by molar-refractivity contribution is -0.133. The van der Waals surface area contributed by atoms with Crippen LogP contribution in [0.5, 0.6) is 5.75 Å². The van der Waals surface area contributed by atoms with E-state index in [1.807, 2.05) is 55.5 Å². The van der Waals surface area contributed by atoms with Crippen LogP contribution in [0.1, 0.15) is 54.3 Å². The normalized spacial score (nSPS) is 21.3. The number of carbonyl (C=O) groups is 2. The number of hydrogen-bond acceptors (Lipinski definition) is 4. The maximum atomic E-state index is 13.9. The maximum absolute atomic E-state index is 13.9. The molecule has 1 aliphatic carbocycles. The largest absolute Gasteiger partial charge is 0.486 e. The Bertz CT molecular complexity index is 1180. The molecule has 1 fully saturated rings. The summed E-state index contributed by atoms with van der Waals surface area (Å²) >= 11 is 0. The van der Waals surface area contributed by atoms with Crippen LogP contribution >= 0.6 is 0 Å². The Kier molecular flexibility index (Phi) is 5.16. The summed E-state index contributed by atoms with van der Waals surface area (Å²) in [5, 5.41) is 3.92. The third kappa shape index (κ3) is 3.44. The molecule has 2 aliphatic rings. The van der Waals surface area contributed by atoms with Gasteiger partial charge in [0.2, 0.25) is 11.7 Å². The second kappa shape index (κ2) is 8.01. The van der Waals surface area contributed by atoms with E-state index >= 15 is 0 Å². The molecule has 0 radical (unpaired) electrons. The van der Waals surface area contributed by atoms with Crippen LogP contribution in [-0.2, 0) is 11.3 Å². The molecular weight excluding hydrogens is 404 g/mol. The van der Waals surface area contributed by atoms with Crippen molar-refractivity contribution >= 4 is 22.8 Å². The first kappa shape index (κ1) is 20.6. The highest BCUT2D eigenvalue weighted by Crippen LogP contribution is 2.39. The summed E-state index contributed by atoms with van der Waals surface area (Å²) in [7, 11) is 0. The lowest BCUT2D eigenvalue weighted by Crippen LogP contribution is -2.62. The first-order chi connectivity index (χ1) is 15.5. The number of para-hydroxylation sites is 1. The van der Waals surface area contributed by atoms with Gasteiger partial charge < -0.3 is 19.4 Å². The minimum absolute atomic E-state index is 0.0553. The number of rotatable bonds is 4. The number of aryl methyl sites for hydroxylation is 1. The second-order valence-corrected chi connectivity index (χ2v) is 9.09. The first-order valence-corrected chi connectivity index (χ1v) is 11.3. The van der Waals surface area contributed by atoms with Crippen molar-refractivity contribution in [3.63, 3.8) is 0 Å². The number of nitrogens with zero attached hydrogens (tertiary/aromatic N) is 1. The highest BCUT2D eigenvalue weighted by molar-refractivity contribution is 6.04. The monoisotopic (exact) mass is 432 g/mol. The summed E-state index contributed by atoms with van der Waals surface area (Å²) in [5.74, 6) is 0.0526. The van der Waals surface area contributed by atoms with E-state index in [4.69, 9.17) is 9.15 Å². The van der Waals surface area contributed by atoms with Crippen molar-refractivity contribution in [3.05, 3.63) is 65.4 Å². The molecule has 1 unspecified atom stereocenters. The van der Waals surface area contributed by atoms with Gasteiger partial charge in [-0.05, 0) is 49.9 Å². The highest BCUT2D eigenvalue weighted by Gasteiger charge is 2.48. The maximum Gasteiger partial charge on any atom is 0.294 e. The number of hydrogen-bond donors (Lipinski definition) is 1. The number of ether oxygens (including phenoxy) is 1. The van der Waals surface area contributed by atoms with Gasteiger partial charge in [-0.3, -0.25) is 9.59 Å². The lowest BCUT2D eigenvalue weighted by atomic mass is 9.96. The third-order valence-electron chi connectivity index (χ3n) is 6.85. The minimum atomic E-state index is -1.18. The fourth-order valence-electron chi connectivity index (χ4n) is 4.75. The summed E-state index contributed by atoms with van der Waals surface area (Å²) in [6, 6.07) is 15.5. The van der Waals surface area contributed by atoms with E-state index < -0.39 is 5.54 Å². The smallest absolute Gasteiger partial charge is 0.294 e. The van der Waals surface area contributed by atoms with Gasteiger partial charge in [-0.25, -0.2) is 0 Å². The van der Waals surface area contributed by atoms with E-state index in [2.05, 4.69) is 5.32 Å². The summed E-state index contributed by atoms with van der Waals surface area (Å²) in [5.41, 5.74) is 1.47. The second-order valence-electron chi connectivity index (χ2n) is 9.09. The molecule has 0 bridgehead atoms. The number of nitrogens with one attached hydrogen (secondary N) is 1. The quantitative estimate of drug-likeness (QED) is 0.654. The van der Waals surface area contributed by atoms with Gasteiger partial charge in [-0.1, -0.05) is 49.2 Å². The molecule has 6 heteroatoms. The Hall–Kier alpha value is -3.28. The fraction of sp³-hybridized carbons (Fsp3) is 0.385. The zero-order valence-electron chi connectivity index (χ0n) is 18.5. The van der Waals surface area contributed by atoms with E-state index in [1.54, 1.807) is 11.8 Å². The number of furan rings is 1. The molecule has 2 amide bonds. The zero-order chi connectivity index (χ0) is 22.3. The van der Waals surface area contributed by atoms with Gasteiger partial charge in [0, 0.05) is 12.6 Å². The van der Waals surface area contributed by atoms with Gasteiger partial charge in [0.15, 0.2) is 11.3 Å². The van der Waals surface area contributed by atoms with E-state index in [0.717, 1.165) is 42.2 Å².